The van der Waals surface area contributed by atoms with Gasteiger partial charge in [-0.05, 0) is 106 Å². The summed E-state index contributed by atoms with van der Waals surface area (Å²) < 4.78 is 11.7. The Hall–Kier alpha value is -1.16. The van der Waals surface area contributed by atoms with Crippen molar-refractivity contribution in [1.29, 1.82) is 0 Å². The van der Waals surface area contributed by atoms with Crippen molar-refractivity contribution in [2.24, 2.45) is 40.4 Å². The van der Waals surface area contributed by atoms with Crippen LogP contribution in [-0.2, 0) is 19.1 Å². The summed E-state index contributed by atoms with van der Waals surface area (Å²) in [6.07, 6.45) is 11.0. The normalized spacial score (nSPS) is 40.6. The first-order valence-electron chi connectivity index (χ1n) is 14.0. The fraction of sp³-hybridized carbons (Fsp3) is 0.867. The van der Waals surface area contributed by atoms with E-state index < -0.39 is 0 Å². The van der Waals surface area contributed by atoms with Crippen LogP contribution in [0.5, 0.6) is 0 Å². The molecule has 0 radical (unpaired) electrons. The minimum atomic E-state index is -0.123. The van der Waals surface area contributed by atoms with Gasteiger partial charge in [0.1, 0.15) is 6.10 Å². The molecular formula is C30H48O4. The second-order valence-corrected chi connectivity index (χ2v) is 13.4. The van der Waals surface area contributed by atoms with Gasteiger partial charge in [-0.15, -0.1) is 0 Å². The van der Waals surface area contributed by atoms with E-state index in [1.165, 1.54) is 24.8 Å². The molecule has 8 atom stereocenters. The lowest BCUT2D eigenvalue weighted by Crippen LogP contribution is -2.54. The first kappa shape index (κ1) is 25.9. The van der Waals surface area contributed by atoms with Crippen LogP contribution >= 0.6 is 0 Å². The van der Waals surface area contributed by atoms with Gasteiger partial charge in [-0.2, -0.15) is 0 Å². The molecule has 0 aromatic rings. The predicted molar refractivity (Wildman–Crippen MR) is 135 cm³/mol. The molecule has 4 nitrogen and oxygen atoms in total. The van der Waals surface area contributed by atoms with Gasteiger partial charge in [-0.25, -0.2) is 0 Å². The van der Waals surface area contributed by atoms with Crippen LogP contribution in [-0.4, -0.2) is 30.1 Å². The number of rotatable bonds is 6. The van der Waals surface area contributed by atoms with Crippen LogP contribution in [0.3, 0.4) is 0 Å². The first-order chi connectivity index (χ1) is 15.9. The zero-order chi connectivity index (χ0) is 24.9. The van der Waals surface area contributed by atoms with Gasteiger partial charge in [0.05, 0.1) is 5.60 Å². The SMILES string of the molecule is CCC(=O)O[C@H]1CC[C@@]2(C)C(=CC(=O)[C@H]3[C@@H]4CC[C@H]([C@H](C)CCOC(C)(C)C)[C@@]4(C)CC[C@@H]32)C1. The minimum absolute atomic E-state index is 0.0583. The van der Waals surface area contributed by atoms with Crippen molar-refractivity contribution in [1.82, 2.24) is 0 Å². The Morgan fingerprint density at radius 3 is 2.53 bits per heavy atom. The summed E-state index contributed by atoms with van der Waals surface area (Å²) in [5.41, 5.74) is 1.51. The van der Waals surface area contributed by atoms with Crippen molar-refractivity contribution in [3.63, 3.8) is 0 Å². The Balaban J connectivity index is 1.49. The maximum Gasteiger partial charge on any atom is 0.305 e. The molecule has 34 heavy (non-hydrogen) atoms. The third-order valence-corrected chi connectivity index (χ3v) is 10.4. The zero-order valence-corrected chi connectivity index (χ0v) is 22.7. The van der Waals surface area contributed by atoms with Crippen molar-refractivity contribution < 1.29 is 19.1 Å². The highest BCUT2D eigenvalue weighted by Gasteiger charge is 2.61. The Kier molecular flexibility index (Phi) is 7.15. The minimum Gasteiger partial charge on any atom is -0.462 e. The fourth-order valence-corrected chi connectivity index (χ4v) is 8.47. The molecule has 0 aromatic carbocycles. The van der Waals surface area contributed by atoms with Crippen molar-refractivity contribution >= 4 is 11.8 Å². The van der Waals surface area contributed by atoms with Gasteiger partial charge in [0.25, 0.3) is 0 Å². The smallest absolute Gasteiger partial charge is 0.305 e. The molecule has 4 heteroatoms. The van der Waals surface area contributed by atoms with E-state index in [4.69, 9.17) is 9.47 Å². The maximum absolute atomic E-state index is 13.7. The summed E-state index contributed by atoms with van der Waals surface area (Å²) in [5.74, 6) is 2.65. The molecule has 0 amide bonds. The second kappa shape index (κ2) is 9.37. The Morgan fingerprint density at radius 2 is 1.85 bits per heavy atom. The largest absolute Gasteiger partial charge is 0.462 e. The molecule has 0 saturated heterocycles. The molecule has 3 saturated carbocycles. The van der Waals surface area contributed by atoms with E-state index in [2.05, 4.69) is 41.5 Å². The second-order valence-electron chi connectivity index (χ2n) is 13.4. The van der Waals surface area contributed by atoms with E-state index in [0.717, 1.165) is 38.7 Å². The molecule has 4 aliphatic carbocycles. The van der Waals surface area contributed by atoms with E-state index in [0.29, 0.717) is 35.9 Å². The molecule has 4 aliphatic rings. The van der Waals surface area contributed by atoms with E-state index in [1.807, 2.05) is 13.0 Å². The summed E-state index contributed by atoms with van der Waals surface area (Å²) in [4.78, 5) is 25.5. The third-order valence-electron chi connectivity index (χ3n) is 10.4. The van der Waals surface area contributed by atoms with E-state index in [9.17, 15) is 9.59 Å². The fourth-order valence-electron chi connectivity index (χ4n) is 8.47. The topological polar surface area (TPSA) is 52.6 Å². The monoisotopic (exact) mass is 472 g/mol. The quantitative estimate of drug-likeness (QED) is 0.394. The van der Waals surface area contributed by atoms with Gasteiger partial charge < -0.3 is 9.47 Å². The molecule has 0 heterocycles. The van der Waals surface area contributed by atoms with Crippen molar-refractivity contribution in [3.8, 4) is 0 Å². The van der Waals surface area contributed by atoms with Crippen LogP contribution in [0.15, 0.2) is 11.6 Å². The number of ether oxygens (including phenoxy) is 2. The molecule has 0 unspecified atom stereocenters. The number of hydrogen-bond acceptors (Lipinski definition) is 4. The van der Waals surface area contributed by atoms with Crippen molar-refractivity contribution in [3.05, 3.63) is 11.6 Å². The van der Waals surface area contributed by atoms with E-state index in [-0.39, 0.29) is 34.4 Å². The molecule has 192 valence electrons. The number of fused-ring (bicyclic) bond motifs is 5. The maximum atomic E-state index is 13.7. The van der Waals surface area contributed by atoms with Gasteiger partial charge in [0, 0.05) is 25.4 Å². The molecule has 4 rings (SSSR count). The average molecular weight is 473 g/mol. The highest BCUT2D eigenvalue weighted by molar-refractivity contribution is 5.94. The summed E-state index contributed by atoms with van der Waals surface area (Å²) >= 11 is 0. The standard InChI is InChI=1S/C30H48O4/c1-8-26(32)34-21-11-14-29(6)20(17-21)18-25(31)27-23-10-9-22(30(23,7)15-12-24(27)29)19(2)13-16-33-28(3,4)5/h18-19,21-24,27H,8-17H2,1-7H3/t19-,21+,22-,23+,24+,27+,29+,30-/m1/s1. The van der Waals surface area contributed by atoms with Crippen molar-refractivity contribution in [2.75, 3.05) is 6.61 Å². The first-order valence-corrected chi connectivity index (χ1v) is 14.0. The molecule has 0 aromatic heterocycles. The van der Waals surface area contributed by atoms with Gasteiger partial charge in [0.15, 0.2) is 5.78 Å². The Bertz CT molecular complexity index is 822. The van der Waals surface area contributed by atoms with Gasteiger partial charge >= 0.3 is 5.97 Å². The lowest BCUT2D eigenvalue weighted by atomic mass is 9.46. The van der Waals surface area contributed by atoms with E-state index in [1.54, 1.807) is 0 Å². The zero-order valence-electron chi connectivity index (χ0n) is 22.7. The molecule has 0 aliphatic heterocycles. The lowest BCUT2D eigenvalue weighted by molar-refractivity contribution is -0.151. The van der Waals surface area contributed by atoms with Gasteiger partial charge in [-0.1, -0.05) is 33.3 Å². The Morgan fingerprint density at radius 1 is 1.12 bits per heavy atom. The summed E-state index contributed by atoms with van der Waals surface area (Å²) in [5, 5.41) is 0. The highest BCUT2D eigenvalue weighted by atomic mass is 16.5. The van der Waals surface area contributed by atoms with Crippen LogP contribution < -0.4 is 0 Å². The molecule has 0 N–H and O–H groups in total. The number of allylic oxidation sites excluding steroid dienone is 1. The predicted octanol–water partition coefficient (Wildman–Crippen LogP) is 6.91. The van der Waals surface area contributed by atoms with Gasteiger partial charge in [0.2, 0.25) is 0 Å². The number of carbonyl (C=O) groups is 2. The van der Waals surface area contributed by atoms with Crippen LogP contribution in [0, 0.1) is 40.4 Å². The molecule has 3 fully saturated rings. The number of hydrogen-bond donors (Lipinski definition) is 0. The average Bonchev–Trinajstić information content (AvgIpc) is 3.11. The van der Waals surface area contributed by atoms with Crippen molar-refractivity contribution in [2.45, 2.75) is 118 Å². The third kappa shape index (κ3) is 4.65. The lowest BCUT2D eigenvalue weighted by Gasteiger charge is -2.57. The van der Waals surface area contributed by atoms with Crippen LogP contribution in [0.25, 0.3) is 0 Å². The number of esters is 1. The van der Waals surface area contributed by atoms with Gasteiger partial charge in [-0.3, -0.25) is 9.59 Å². The van der Waals surface area contributed by atoms with Crippen LogP contribution in [0.2, 0.25) is 0 Å². The summed E-state index contributed by atoms with van der Waals surface area (Å²) in [6.45, 7) is 16.4. The molecular weight excluding hydrogens is 424 g/mol. The van der Waals surface area contributed by atoms with Crippen LogP contribution in [0.1, 0.15) is 106 Å². The Labute approximate surface area is 207 Å². The summed E-state index contributed by atoms with van der Waals surface area (Å²) in [7, 11) is 0. The molecule has 0 bridgehead atoms. The van der Waals surface area contributed by atoms with Crippen LogP contribution in [0.4, 0.5) is 0 Å². The number of carbonyl (C=O) groups excluding carboxylic acids is 2. The summed E-state index contributed by atoms with van der Waals surface area (Å²) in [6, 6.07) is 0. The molecule has 0 spiro atoms. The van der Waals surface area contributed by atoms with E-state index >= 15 is 0 Å². The number of ketones is 1. The highest BCUT2D eigenvalue weighted by Crippen LogP contribution is 2.66.